The van der Waals surface area contributed by atoms with E-state index in [2.05, 4.69) is 32.7 Å². The summed E-state index contributed by atoms with van der Waals surface area (Å²) in [5.41, 5.74) is 0. The van der Waals surface area contributed by atoms with Crippen LogP contribution in [0.2, 0.25) is 32.7 Å². The fraction of sp³-hybridized carbons (Fsp3) is 1.00. The Kier molecular flexibility index (Phi) is 9.98. The van der Waals surface area contributed by atoms with E-state index >= 15 is 0 Å². The molecule has 0 aromatic heterocycles. The lowest BCUT2D eigenvalue weighted by Crippen LogP contribution is -2.48. The minimum atomic E-state index is -1.52. The SMILES string of the molecule is C[Si](C)(C)O[Si](C)(C)[SiH2]O[SiH2]O[SiH2]O[SiH2]O[SiH3]. The zero-order valence-electron chi connectivity index (χ0n) is 11.9. The molecule has 0 radical (unpaired) electrons. The summed E-state index contributed by atoms with van der Waals surface area (Å²) in [6.45, 7) is 11.3. The summed E-state index contributed by atoms with van der Waals surface area (Å²) in [7, 11) is -4.98. The summed E-state index contributed by atoms with van der Waals surface area (Å²) in [5.74, 6) is 0. The third kappa shape index (κ3) is 13.5. The average molecular weight is 363 g/mol. The van der Waals surface area contributed by atoms with E-state index in [0.717, 1.165) is 10.5 Å². The van der Waals surface area contributed by atoms with Gasteiger partial charge in [-0.2, -0.15) is 0 Å². The largest absolute Gasteiger partial charge is 0.456 e. The second kappa shape index (κ2) is 9.26. The third-order valence-electron chi connectivity index (χ3n) is 1.57. The molecule has 0 unspecified atom stereocenters. The fourth-order valence-electron chi connectivity index (χ4n) is 1.42. The molecule has 0 spiro atoms. The van der Waals surface area contributed by atoms with E-state index < -0.39 is 55.5 Å². The summed E-state index contributed by atoms with van der Waals surface area (Å²) < 4.78 is 27.8. The van der Waals surface area contributed by atoms with Crippen LogP contribution in [0, 0.1) is 0 Å². The van der Waals surface area contributed by atoms with Crippen LogP contribution < -0.4 is 0 Å². The molecule has 17 heavy (non-hydrogen) atoms. The van der Waals surface area contributed by atoms with Crippen molar-refractivity contribution in [1.29, 1.82) is 0 Å². The number of rotatable bonds is 10. The fourth-order valence-corrected chi connectivity index (χ4v) is 26.0. The first-order valence-corrected chi connectivity index (χ1v) is 19.2. The van der Waals surface area contributed by atoms with Crippen LogP contribution in [-0.4, -0.2) is 65.9 Å². The van der Waals surface area contributed by atoms with Crippen molar-refractivity contribution >= 4 is 65.9 Å². The first kappa shape index (κ1) is 18.3. The van der Waals surface area contributed by atoms with Crippen molar-refractivity contribution in [3.8, 4) is 0 Å². The summed E-state index contributed by atoms with van der Waals surface area (Å²) in [4.78, 5) is 0. The van der Waals surface area contributed by atoms with Gasteiger partial charge in [-0.1, -0.05) is 0 Å². The first-order chi connectivity index (χ1) is 7.77. The molecule has 0 amide bonds. The van der Waals surface area contributed by atoms with E-state index in [1.807, 2.05) is 0 Å². The molecule has 0 aliphatic heterocycles. The van der Waals surface area contributed by atoms with Crippen molar-refractivity contribution in [1.82, 2.24) is 0 Å². The van der Waals surface area contributed by atoms with Gasteiger partial charge < -0.3 is 20.6 Å². The highest BCUT2D eigenvalue weighted by Gasteiger charge is 2.30. The van der Waals surface area contributed by atoms with E-state index in [0.29, 0.717) is 0 Å². The van der Waals surface area contributed by atoms with Crippen molar-refractivity contribution in [3.63, 3.8) is 0 Å². The predicted molar refractivity (Wildman–Crippen MR) is 90.4 cm³/mol. The Morgan fingerprint density at radius 3 is 1.88 bits per heavy atom. The maximum atomic E-state index is 6.22. The van der Waals surface area contributed by atoms with E-state index in [1.165, 1.54) is 0 Å². The van der Waals surface area contributed by atoms with Gasteiger partial charge in [0.15, 0.2) is 25.4 Å². The van der Waals surface area contributed by atoms with Crippen LogP contribution in [0.25, 0.3) is 0 Å². The van der Waals surface area contributed by atoms with Gasteiger partial charge in [0.05, 0.1) is 0 Å². The number of hydrogen-bond acceptors (Lipinski definition) is 5. The molecule has 0 aromatic carbocycles. The highest BCUT2D eigenvalue weighted by molar-refractivity contribution is 7.20. The second-order valence-electron chi connectivity index (χ2n) is 5.37. The maximum Gasteiger partial charge on any atom is 0.286 e. The molecule has 0 saturated carbocycles. The standard InChI is InChI=1S/C5H26O5Si7/c1-16(2,3)10-17(4,5)15-9-14-8-13-7-12-6-11/h12-15H2,1-5,11H3. The molecule has 0 rings (SSSR count). The van der Waals surface area contributed by atoms with Crippen molar-refractivity contribution < 1.29 is 20.6 Å². The van der Waals surface area contributed by atoms with Crippen molar-refractivity contribution in [2.24, 2.45) is 0 Å². The molecule has 0 atom stereocenters. The van der Waals surface area contributed by atoms with Gasteiger partial charge in [0, 0.05) is 0 Å². The molecular weight excluding hydrogens is 337 g/mol. The van der Waals surface area contributed by atoms with Crippen LogP contribution in [0.4, 0.5) is 0 Å². The molecule has 0 aliphatic rings. The Labute approximate surface area is 119 Å². The molecule has 5 nitrogen and oxygen atoms in total. The van der Waals surface area contributed by atoms with Crippen LogP contribution in [0.1, 0.15) is 0 Å². The number of hydrogen-bond donors (Lipinski definition) is 0. The molecule has 0 heterocycles. The molecule has 0 fully saturated rings. The van der Waals surface area contributed by atoms with E-state index in [1.54, 1.807) is 0 Å². The van der Waals surface area contributed by atoms with Crippen LogP contribution in [0.5, 0.6) is 0 Å². The van der Waals surface area contributed by atoms with Gasteiger partial charge in [0.1, 0.15) is 10.5 Å². The summed E-state index contributed by atoms with van der Waals surface area (Å²) in [6.07, 6.45) is 0. The molecule has 0 N–H and O–H groups in total. The normalized spacial score (nSPS) is 16.1. The van der Waals surface area contributed by atoms with Crippen LogP contribution in [0.15, 0.2) is 0 Å². The topological polar surface area (TPSA) is 46.2 Å². The van der Waals surface area contributed by atoms with Gasteiger partial charge in [-0.25, -0.2) is 0 Å². The third-order valence-corrected chi connectivity index (χ3v) is 17.2. The average Bonchev–Trinajstić information content (AvgIpc) is 2.12. The zero-order valence-corrected chi connectivity index (χ0v) is 21.5. The molecule has 0 bridgehead atoms. The molecule has 0 aromatic rings. The van der Waals surface area contributed by atoms with Gasteiger partial charge >= 0.3 is 0 Å². The summed E-state index contributed by atoms with van der Waals surface area (Å²) in [6, 6.07) is 0. The Morgan fingerprint density at radius 2 is 1.35 bits per heavy atom. The highest BCUT2D eigenvalue weighted by atomic mass is 29.2. The molecule has 0 aliphatic carbocycles. The minimum Gasteiger partial charge on any atom is -0.456 e. The van der Waals surface area contributed by atoms with Gasteiger partial charge in [-0.05, 0) is 32.7 Å². The Hall–Kier alpha value is 1.32. The molecule has 12 heteroatoms. The van der Waals surface area contributed by atoms with Crippen LogP contribution in [0.3, 0.4) is 0 Å². The van der Waals surface area contributed by atoms with E-state index in [-0.39, 0.29) is 0 Å². The van der Waals surface area contributed by atoms with Crippen molar-refractivity contribution in [2.75, 3.05) is 0 Å². The second-order valence-corrected chi connectivity index (χ2v) is 28.1. The van der Waals surface area contributed by atoms with Gasteiger partial charge in [-0.15, -0.1) is 0 Å². The summed E-state index contributed by atoms with van der Waals surface area (Å²) in [5, 5.41) is 0. The first-order valence-electron chi connectivity index (χ1n) is 5.69. The van der Waals surface area contributed by atoms with E-state index in [9.17, 15) is 0 Å². The Morgan fingerprint density at radius 1 is 0.824 bits per heavy atom. The Balaban J connectivity index is 3.52. The lowest BCUT2D eigenvalue weighted by molar-refractivity contribution is 0.407. The molecule has 0 saturated heterocycles. The smallest absolute Gasteiger partial charge is 0.286 e. The van der Waals surface area contributed by atoms with Gasteiger partial charge in [0.25, 0.3) is 30.0 Å². The van der Waals surface area contributed by atoms with Gasteiger partial charge in [0.2, 0.25) is 0 Å². The quantitative estimate of drug-likeness (QED) is 0.305. The zero-order chi connectivity index (χ0) is 13.4. The maximum absolute atomic E-state index is 6.22. The summed E-state index contributed by atoms with van der Waals surface area (Å²) >= 11 is 0. The Bertz CT molecular complexity index is 198. The lowest BCUT2D eigenvalue weighted by atomic mass is 11.8. The van der Waals surface area contributed by atoms with E-state index in [4.69, 9.17) is 20.6 Å². The minimum absolute atomic E-state index is 0.538. The van der Waals surface area contributed by atoms with Crippen molar-refractivity contribution in [2.45, 2.75) is 32.7 Å². The molecule has 104 valence electrons. The molecular formula is C5H26O5Si7. The van der Waals surface area contributed by atoms with Crippen LogP contribution in [-0.2, 0) is 20.6 Å². The highest BCUT2D eigenvalue weighted by Crippen LogP contribution is 2.12. The monoisotopic (exact) mass is 362 g/mol. The van der Waals surface area contributed by atoms with Crippen LogP contribution >= 0.6 is 0 Å². The predicted octanol–water partition coefficient (Wildman–Crippen LogP) is -3.03. The van der Waals surface area contributed by atoms with Gasteiger partial charge in [-0.3, -0.25) is 0 Å². The van der Waals surface area contributed by atoms with Crippen molar-refractivity contribution in [3.05, 3.63) is 0 Å². The lowest BCUT2D eigenvalue weighted by Gasteiger charge is -2.30.